The summed E-state index contributed by atoms with van der Waals surface area (Å²) in [7, 11) is 1.62. The maximum absolute atomic E-state index is 13.4. The summed E-state index contributed by atoms with van der Waals surface area (Å²) in [5.74, 6) is 1.40. The van der Waals surface area contributed by atoms with Gasteiger partial charge in [0.05, 0.1) is 34.8 Å². The number of fused-ring (bicyclic) bond motifs is 1. The van der Waals surface area contributed by atoms with Crippen molar-refractivity contribution in [3.63, 3.8) is 0 Å². The molecule has 8 heteroatoms. The van der Waals surface area contributed by atoms with E-state index in [9.17, 15) is 4.79 Å². The molecule has 2 aliphatic heterocycles. The number of rotatable bonds is 4. The number of methoxy groups -OCH3 is 1. The van der Waals surface area contributed by atoms with Crippen molar-refractivity contribution < 1.29 is 9.53 Å². The molecule has 0 spiro atoms. The lowest BCUT2D eigenvalue weighted by Crippen LogP contribution is -2.52. The highest BCUT2D eigenvalue weighted by Crippen LogP contribution is 2.31. The fraction of sp³-hybridized carbons (Fsp3) is 0.400. The van der Waals surface area contributed by atoms with Crippen molar-refractivity contribution >= 4 is 40.0 Å². The van der Waals surface area contributed by atoms with Gasteiger partial charge in [0, 0.05) is 39.3 Å². The molecular formula is C25H28ClN5O2. The lowest BCUT2D eigenvalue weighted by molar-refractivity contribution is -0.136. The third-order valence-corrected chi connectivity index (χ3v) is 6.89. The Hall–Kier alpha value is -3.06. The smallest absolute Gasteiger partial charge is 0.257 e. The Morgan fingerprint density at radius 3 is 2.36 bits per heavy atom. The summed E-state index contributed by atoms with van der Waals surface area (Å²) in [6, 6.07) is 15.7. The average Bonchev–Trinajstić information content (AvgIpc) is 2.88. The first-order valence-electron chi connectivity index (χ1n) is 11.5. The standard InChI is InChI=1S/C25H28ClN5O2/c1-33-24-23(27-20-9-3-4-10-21(20)28-24)31-12-6-7-18(17-31)25(32)30-15-13-29(14-16-30)22-11-5-2-8-19(22)26/h2-5,8-11,18H,6-7,12-17H2,1H3. The predicted molar refractivity (Wildman–Crippen MR) is 131 cm³/mol. The molecular weight excluding hydrogens is 438 g/mol. The molecule has 7 nitrogen and oxygen atoms in total. The van der Waals surface area contributed by atoms with Crippen LogP contribution < -0.4 is 14.5 Å². The Labute approximate surface area is 198 Å². The van der Waals surface area contributed by atoms with Gasteiger partial charge in [-0.25, -0.2) is 9.97 Å². The van der Waals surface area contributed by atoms with E-state index in [2.05, 4.69) is 14.8 Å². The lowest BCUT2D eigenvalue weighted by atomic mass is 9.96. The first kappa shape index (κ1) is 21.8. The topological polar surface area (TPSA) is 61.8 Å². The fourth-order valence-corrected chi connectivity index (χ4v) is 5.08. The zero-order chi connectivity index (χ0) is 22.8. The van der Waals surface area contributed by atoms with Gasteiger partial charge in [-0.3, -0.25) is 4.79 Å². The van der Waals surface area contributed by atoms with Gasteiger partial charge in [0.25, 0.3) is 5.88 Å². The largest absolute Gasteiger partial charge is 0.478 e. The van der Waals surface area contributed by atoms with Crippen LogP contribution in [-0.2, 0) is 4.79 Å². The lowest BCUT2D eigenvalue weighted by Gasteiger charge is -2.40. The van der Waals surface area contributed by atoms with Crippen LogP contribution in [0.1, 0.15) is 12.8 Å². The predicted octanol–water partition coefficient (Wildman–Crippen LogP) is 3.86. The molecule has 2 aromatic carbocycles. The van der Waals surface area contributed by atoms with E-state index in [4.69, 9.17) is 21.3 Å². The second-order valence-corrected chi connectivity index (χ2v) is 9.00. The number of benzene rings is 2. The van der Waals surface area contributed by atoms with Gasteiger partial charge in [0.1, 0.15) is 0 Å². The summed E-state index contributed by atoms with van der Waals surface area (Å²) in [6.07, 6.45) is 1.83. The van der Waals surface area contributed by atoms with Crippen LogP contribution in [0.25, 0.3) is 11.0 Å². The molecule has 0 saturated carbocycles. The molecule has 3 aromatic rings. The molecule has 2 saturated heterocycles. The number of hydrogen-bond donors (Lipinski definition) is 0. The minimum Gasteiger partial charge on any atom is -0.478 e. The van der Waals surface area contributed by atoms with E-state index in [-0.39, 0.29) is 11.8 Å². The fourth-order valence-electron chi connectivity index (χ4n) is 4.82. The highest BCUT2D eigenvalue weighted by molar-refractivity contribution is 6.33. The highest BCUT2D eigenvalue weighted by atomic mass is 35.5. The van der Waals surface area contributed by atoms with E-state index in [1.807, 2.05) is 53.4 Å². The average molecular weight is 466 g/mol. The van der Waals surface area contributed by atoms with Gasteiger partial charge in [-0.2, -0.15) is 0 Å². The molecule has 0 bridgehead atoms. The van der Waals surface area contributed by atoms with E-state index in [0.29, 0.717) is 25.5 Å². The van der Waals surface area contributed by atoms with E-state index < -0.39 is 0 Å². The van der Waals surface area contributed by atoms with Crippen LogP contribution in [0.15, 0.2) is 48.5 Å². The van der Waals surface area contributed by atoms with E-state index in [1.54, 1.807) is 7.11 Å². The molecule has 2 fully saturated rings. The molecule has 0 aliphatic carbocycles. The van der Waals surface area contributed by atoms with Crippen LogP contribution in [0.3, 0.4) is 0 Å². The molecule has 5 rings (SSSR count). The van der Waals surface area contributed by atoms with Crippen LogP contribution in [0, 0.1) is 5.92 Å². The number of carbonyl (C=O) groups is 1. The maximum atomic E-state index is 13.4. The minimum absolute atomic E-state index is 0.0522. The number of carbonyl (C=O) groups excluding carboxylic acids is 1. The van der Waals surface area contributed by atoms with Crippen molar-refractivity contribution in [2.75, 3.05) is 56.2 Å². The minimum atomic E-state index is -0.0522. The normalized spacial score (nSPS) is 19.1. The number of piperidine rings is 1. The summed E-state index contributed by atoms with van der Waals surface area (Å²) >= 11 is 6.36. The number of aromatic nitrogens is 2. The maximum Gasteiger partial charge on any atom is 0.257 e. The summed E-state index contributed by atoms with van der Waals surface area (Å²) < 4.78 is 5.56. The van der Waals surface area contributed by atoms with Crippen molar-refractivity contribution in [2.24, 2.45) is 5.92 Å². The molecule has 33 heavy (non-hydrogen) atoms. The highest BCUT2D eigenvalue weighted by Gasteiger charge is 2.33. The Morgan fingerprint density at radius 1 is 0.939 bits per heavy atom. The number of halogens is 1. The van der Waals surface area contributed by atoms with Gasteiger partial charge in [-0.1, -0.05) is 35.9 Å². The molecule has 0 radical (unpaired) electrons. The van der Waals surface area contributed by atoms with Crippen LogP contribution >= 0.6 is 11.6 Å². The van der Waals surface area contributed by atoms with Gasteiger partial charge in [0.15, 0.2) is 5.82 Å². The summed E-state index contributed by atoms with van der Waals surface area (Å²) in [5.41, 5.74) is 2.67. The summed E-state index contributed by atoms with van der Waals surface area (Å²) in [4.78, 5) is 29.3. The van der Waals surface area contributed by atoms with Gasteiger partial charge in [-0.05, 0) is 37.1 Å². The van der Waals surface area contributed by atoms with Crippen LogP contribution in [0.2, 0.25) is 5.02 Å². The number of nitrogens with zero attached hydrogens (tertiary/aromatic N) is 5. The van der Waals surface area contributed by atoms with Gasteiger partial charge < -0.3 is 19.4 Å². The number of ether oxygens (including phenoxy) is 1. The number of piperazine rings is 1. The van der Waals surface area contributed by atoms with Gasteiger partial charge >= 0.3 is 0 Å². The Kier molecular flexibility index (Phi) is 6.22. The third kappa shape index (κ3) is 4.42. The van der Waals surface area contributed by atoms with Crippen LogP contribution in [-0.4, -0.2) is 67.2 Å². The van der Waals surface area contributed by atoms with Crippen molar-refractivity contribution in [1.82, 2.24) is 14.9 Å². The Morgan fingerprint density at radius 2 is 1.64 bits per heavy atom. The van der Waals surface area contributed by atoms with Gasteiger partial charge in [0.2, 0.25) is 5.91 Å². The SMILES string of the molecule is COc1nc2ccccc2nc1N1CCCC(C(=O)N2CCN(c3ccccc3Cl)CC2)C1. The summed E-state index contributed by atoms with van der Waals surface area (Å²) in [6.45, 7) is 4.46. The zero-order valence-electron chi connectivity index (χ0n) is 18.8. The Bertz CT molecular complexity index is 1150. The molecule has 172 valence electrons. The third-order valence-electron chi connectivity index (χ3n) is 6.57. The molecule has 1 amide bonds. The second kappa shape index (κ2) is 9.43. The van der Waals surface area contributed by atoms with Crippen LogP contribution in [0.4, 0.5) is 11.5 Å². The molecule has 1 aromatic heterocycles. The van der Waals surface area contributed by atoms with Gasteiger partial charge in [-0.15, -0.1) is 0 Å². The number of para-hydroxylation sites is 3. The summed E-state index contributed by atoms with van der Waals surface area (Å²) in [5, 5.41) is 0.755. The number of hydrogen-bond acceptors (Lipinski definition) is 6. The molecule has 3 heterocycles. The second-order valence-electron chi connectivity index (χ2n) is 8.59. The molecule has 2 aliphatic rings. The van der Waals surface area contributed by atoms with Crippen molar-refractivity contribution in [3.05, 3.63) is 53.6 Å². The van der Waals surface area contributed by atoms with E-state index in [0.717, 1.165) is 60.0 Å². The first-order chi connectivity index (χ1) is 16.1. The van der Waals surface area contributed by atoms with E-state index in [1.165, 1.54) is 0 Å². The van der Waals surface area contributed by atoms with Crippen LogP contribution in [0.5, 0.6) is 5.88 Å². The quantitative estimate of drug-likeness (QED) is 0.583. The van der Waals surface area contributed by atoms with Crippen molar-refractivity contribution in [3.8, 4) is 5.88 Å². The first-order valence-corrected chi connectivity index (χ1v) is 11.9. The zero-order valence-corrected chi connectivity index (χ0v) is 19.5. The van der Waals surface area contributed by atoms with E-state index >= 15 is 0 Å². The number of amides is 1. The number of anilines is 2. The van der Waals surface area contributed by atoms with Crippen molar-refractivity contribution in [2.45, 2.75) is 12.8 Å². The molecule has 1 unspecified atom stereocenters. The van der Waals surface area contributed by atoms with Crippen molar-refractivity contribution in [1.29, 1.82) is 0 Å². The molecule has 0 N–H and O–H groups in total. The monoisotopic (exact) mass is 465 g/mol. The molecule has 1 atom stereocenters. The Balaban J connectivity index is 1.27.